The summed E-state index contributed by atoms with van der Waals surface area (Å²) < 4.78 is 15.6. The molecule has 0 aromatic heterocycles. The zero-order valence-electron chi connectivity index (χ0n) is 11.0. The summed E-state index contributed by atoms with van der Waals surface area (Å²) >= 11 is 4.30. The second-order valence-electron chi connectivity index (χ2n) is 4.41. The van der Waals surface area contributed by atoms with E-state index in [1.807, 2.05) is 30.3 Å². The van der Waals surface area contributed by atoms with Crippen LogP contribution in [0.3, 0.4) is 0 Å². The zero-order chi connectivity index (χ0) is 14.7. The van der Waals surface area contributed by atoms with Gasteiger partial charge in [-0.15, -0.1) is 12.6 Å². The molecule has 21 heavy (non-hydrogen) atoms. The van der Waals surface area contributed by atoms with Gasteiger partial charge in [0, 0.05) is 11.0 Å². The van der Waals surface area contributed by atoms with E-state index in [9.17, 15) is 4.79 Å². The summed E-state index contributed by atoms with van der Waals surface area (Å²) in [5, 5.41) is 2.64. The van der Waals surface area contributed by atoms with Crippen LogP contribution in [0, 0.1) is 0 Å². The highest BCUT2D eigenvalue weighted by Crippen LogP contribution is 2.38. The normalized spacial score (nSPS) is 12.0. The molecule has 0 atom stereocenters. The Balaban J connectivity index is 1.62. The summed E-state index contributed by atoms with van der Waals surface area (Å²) in [5.74, 6) is 1.19. The molecule has 0 radical (unpaired) electrons. The second-order valence-corrected chi connectivity index (χ2v) is 4.89. The number of nitrogens with one attached hydrogen (secondary N) is 1. The molecule has 0 saturated carbocycles. The molecule has 0 bridgehead atoms. The van der Waals surface area contributed by atoms with Gasteiger partial charge < -0.3 is 14.2 Å². The number of carbonyl (C=O) groups is 1. The average Bonchev–Trinajstić information content (AvgIpc) is 2.94. The van der Waals surface area contributed by atoms with Gasteiger partial charge in [-0.3, -0.25) is 5.32 Å². The summed E-state index contributed by atoms with van der Waals surface area (Å²) in [5.41, 5.74) is 1.44. The number of fused-ring (bicyclic) bond motifs is 1. The van der Waals surface area contributed by atoms with E-state index in [4.69, 9.17) is 14.2 Å². The Labute approximate surface area is 127 Å². The van der Waals surface area contributed by atoms with Crippen LogP contribution in [0.2, 0.25) is 0 Å². The highest BCUT2D eigenvalue weighted by atomic mass is 32.1. The predicted octanol–water partition coefficient (Wildman–Crippen LogP) is 3.45. The van der Waals surface area contributed by atoms with Gasteiger partial charge in [-0.25, -0.2) is 4.79 Å². The minimum Gasteiger partial charge on any atom is -0.454 e. The number of carbonyl (C=O) groups excluding carboxylic acids is 1. The van der Waals surface area contributed by atoms with Gasteiger partial charge in [0.25, 0.3) is 0 Å². The standard InChI is InChI=1S/C15H13NO4S/c17-15(18-8-10-4-2-1-3-5-10)16-11-6-12-13(7-14(11)21)20-9-19-12/h1-7,21H,8-9H2,(H,16,17). The van der Waals surface area contributed by atoms with E-state index in [0.717, 1.165) is 5.56 Å². The van der Waals surface area contributed by atoms with Crippen molar-refractivity contribution in [2.24, 2.45) is 0 Å². The van der Waals surface area contributed by atoms with Crippen LogP contribution >= 0.6 is 12.6 Å². The van der Waals surface area contributed by atoms with Crippen LogP contribution in [0.1, 0.15) is 5.56 Å². The third-order valence-electron chi connectivity index (χ3n) is 2.94. The van der Waals surface area contributed by atoms with Gasteiger partial charge in [0.1, 0.15) is 6.61 Å². The number of ether oxygens (including phenoxy) is 3. The number of benzene rings is 2. The number of thiol groups is 1. The van der Waals surface area contributed by atoms with E-state index < -0.39 is 6.09 Å². The summed E-state index contributed by atoms with van der Waals surface area (Å²) in [4.78, 5) is 12.4. The lowest BCUT2D eigenvalue weighted by Gasteiger charge is -2.09. The Kier molecular flexibility index (Phi) is 3.87. The quantitative estimate of drug-likeness (QED) is 0.853. The summed E-state index contributed by atoms with van der Waals surface area (Å²) in [6, 6.07) is 12.8. The van der Waals surface area contributed by atoms with E-state index in [-0.39, 0.29) is 13.4 Å². The highest BCUT2D eigenvalue weighted by molar-refractivity contribution is 7.80. The topological polar surface area (TPSA) is 56.8 Å². The van der Waals surface area contributed by atoms with Crippen molar-refractivity contribution in [3.63, 3.8) is 0 Å². The van der Waals surface area contributed by atoms with Gasteiger partial charge in [-0.2, -0.15) is 0 Å². The van der Waals surface area contributed by atoms with Crippen LogP contribution in [-0.4, -0.2) is 12.9 Å². The largest absolute Gasteiger partial charge is 0.454 e. The average molecular weight is 303 g/mol. The Morgan fingerprint density at radius 1 is 1.19 bits per heavy atom. The molecule has 1 heterocycles. The molecule has 1 amide bonds. The van der Waals surface area contributed by atoms with Gasteiger partial charge in [0.2, 0.25) is 6.79 Å². The lowest BCUT2D eigenvalue weighted by Crippen LogP contribution is -2.13. The molecular formula is C15H13NO4S. The van der Waals surface area contributed by atoms with Crippen molar-refractivity contribution in [3.8, 4) is 11.5 Å². The maximum absolute atomic E-state index is 11.8. The van der Waals surface area contributed by atoms with Gasteiger partial charge in [0.15, 0.2) is 11.5 Å². The fourth-order valence-corrected chi connectivity index (χ4v) is 2.14. The lowest BCUT2D eigenvalue weighted by molar-refractivity contribution is 0.155. The predicted molar refractivity (Wildman–Crippen MR) is 80.1 cm³/mol. The first kappa shape index (κ1) is 13.6. The Bertz CT molecular complexity index is 660. The van der Waals surface area contributed by atoms with Gasteiger partial charge >= 0.3 is 6.09 Å². The molecule has 3 rings (SSSR count). The first-order chi connectivity index (χ1) is 10.2. The van der Waals surface area contributed by atoms with Crippen molar-refractivity contribution in [1.29, 1.82) is 0 Å². The molecule has 1 aliphatic rings. The Morgan fingerprint density at radius 3 is 2.67 bits per heavy atom. The van der Waals surface area contributed by atoms with Crippen LogP contribution in [0.5, 0.6) is 11.5 Å². The molecule has 2 aromatic carbocycles. The molecule has 0 spiro atoms. The molecule has 0 saturated heterocycles. The van der Waals surface area contributed by atoms with Crippen molar-refractivity contribution >= 4 is 24.4 Å². The smallest absolute Gasteiger partial charge is 0.411 e. The molecule has 2 aromatic rings. The molecule has 5 nitrogen and oxygen atoms in total. The van der Waals surface area contributed by atoms with Crippen LogP contribution in [-0.2, 0) is 11.3 Å². The highest BCUT2D eigenvalue weighted by Gasteiger charge is 2.17. The number of rotatable bonds is 3. The SMILES string of the molecule is O=C(Nc1cc2c(cc1S)OCO2)OCc1ccccc1. The number of hydrogen-bond acceptors (Lipinski definition) is 5. The zero-order valence-corrected chi connectivity index (χ0v) is 11.9. The van der Waals surface area contributed by atoms with Crippen LogP contribution < -0.4 is 14.8 Å². The third kappa shape index (κ3) is 3.22. The Hall–Kier alpha value is -2.34. The summed E-state index contributed by atoms with van der Waals surface area (Å²) in [6.07, 6.45) is -0.548. The van der Waals surface area contributed by atoms with Gasteiger partial charge in [-0.1, -0.05) is 30.3 Å². The van der Waals surface area contributed by atoms with E-state index in [1.54, 1.807) is 12.1 Å². The minimum atomic E-state index is -0.548. The number of amides is 1. The van der Waals surface area contributed by atoms with E-state index >= 15 is 0 Å². The monoisotopic (exact) mass is 303 g/mol. The number of anilines is 1. The molecule has 0 fully saturated rings. The van der Waals surface area contributed by atoms with E-state index in [2.05, 4.69) is 17.9 Å². The van der Waals surface area contributed by atoms with Crippen molar-refractivity contribution in [3.05, 3.63) is 48.0 Å². The molecule has 108 valence electrons. The van der Waals surface area contributed by atoms with Crippen molar-refractivity contribution in [2.75, 3.05) is 12.1 Å². The molecule has 0 aliphatic carbocycles. The van der Waals surface area contributed by atoms with Crippen LogP contribution in [0.25, 0.3) is 0 Å². The van der Waals surface area contributed by atoms with Crippen LogP contribution in [0.15, 0.2) is 47.4 Å². The van der Waals surface area contributed by atoms with Crippen molar-refractivity contribution < 1.29 is 19.0 Å². The maximum atomic E-state index is 11.8. The first-order valence-corrected chi connectivity index (χ1v) is 6.77. The molecule has 1 aliphatic heterocycles. The fourth-order valence-electron chi connectivity index (χ4n) is 1.90. The second kappa shape index (κ2) is 5.97. The lowest BCUT2D eigenvalue weighted by atomic mass is 10.2. The number of hydrogen-bond donors (Lipinski definition) is 2. The molecule has 1 N–H and O–H groups in total. The molecular weight excluding hydrogens is 290 g/mol. The third-order valence-corrected chi connectivity index (χ3v) is 3.31. The van der Waals surface area contributed by atoms with Crippen LogP contribution in [0.4, 0.5) is 10.5 Å². The molecule has 6 heteroatoms. The summed E-state index contributed by atoms with van der Waals surface area (Å²) in [7, 11) is 0. The van der Waals surface area contributed by atoms with Gasteiger partial charge in [-0.05, 0) is 11.6 Å². The Morgan fingerprint density at radius 2 is 1.90 bits per heavy atom. The maximum Gasteiger partial charge on any atom is 0.411 e. The molecule has 0 unspecified atom stereocenters. The van der Waals surface area contributed by atoms with Crippen molar-refractivity contribution in [1.82, 2.24) is 0 Å². The summed E-state index contributed by atoms with van der Waals surface area (Å²) in [6.45, 7) is 0.379. The minimum absolute atomic E-state index is 0.171. The van der Waals surface area contributed by atoms with E-state index in [1.165, 1.54) is 0 Å². The van der Waals surface area contributed by atoms with Gasteiger partial charge in [0.05, 0.1) is 5.69 Å². The first-order valence-electron chi connectivity index (χ1n) is 6.33. The van der Waals surface area contributed by atoms with Crippen molar-refractivity contribution in [2.45, 2.75) is 11.5 Å². The van der Waals surface area contributed by atoms with E-state index in [0.29, 0.717) is 22.1 Å². The fraction of sp³-hybridized carbons (Fsp3) is 0.133.